The SMILES string of the molecule is Cc1ccc(C(=O)N/C(=C\c2cn(-c3ccccc3)nc2-c2ccc(F)cc2)C(=O)NCc2ccccc2)cc1. The number of aromatic nitrogens is 2. The quantitative estimate of drug-likeness (QED) is 0.239. The van der Waals surface area contributed by atoms with E-state index in [9.17, 15) is 14.0 Å². The molecule has 7 heteroatoms. The molecule has 0 saturated heterocycles. The second-order valence-corrected chi connectivity index (χ2v) is 9.27. The van der Waals surface area contributed by atoms with Crippen molar-refractivity contribution in [1.29, 1.82) is 0 Å². The lowest BCUT2D eigenvalue weighted by molar-refractivity contribution is -0.117. The topological polar surface area (TPSA) is 76.0 Å². The largest absolute Gasteiger partial charge is 0.347 e. The molecular weight excluding hydrogens is 503 g/mol. The predicted molar refractivity (Wildman–Crippen MR) is 154 cm³/mol. The van der Waals surface area contributed by atoms with Gasteiger partial charge in [-0.2, -0.15) is 5.10 Å². The van der Waals surface area contributed by atoms with E-state index in [0.717, 1.165) is 16.8 Å². The highest BCUT2D eigenvalue weighted by molar-refractivity contribution is 6.05. The Morgan fingerprint density at radius 3 is 2.17 bits per heavy atom. The second-order valence-electron chi connectivity index (χ2n) is 9.27. The van der Waals surface area contributed by atoms with Gasteiger partial charge in [-0.25, -0.2) is 9.07 Å². The summed E-state index contributed by atoms with van der Waals surface area (Å²) in [6.45, 7) is 2.22. The standard InChI is InChI=1S/C33H27FN4O2/c1-23-12-14-26(15-13-23)32(39)36-30(33(40)35-21-24-8-4-2-5-9-24)20-27-22-38(29-10-6-3-7-11-29)37-31(27)25-16-18-28(34)19-17-25/h2-20,22H,21H2,1H3,(H,35,40)(H,36,39)/b30-20-. The van der Waals surface area contributed by atoms with Gasteiger partial charge in [-0.3, -0.25) is 9.59 Å². The van der Waals surface area contributed by atoms with E-state index in [2.05, 4.69) is 10.6 Å². The number of aryl methyl sites for hydroxylation is 1. The summed E-state index contributed by atoms with van der Waals surface area (Å²) in [5.41, 5.74) is 4.99. The normalized spacial score (nSPS) is 11.2. The molecule has 5 aromatic rings. The maximum absolute atomic E-state index is 13.7. The third-order valence-corrected chi connectivity index (χ3v) is 6.28. The summed E-state index contributed by atoms with van der Waals surface area (Å²) in [6.07, 6.45) is 3.37. The third-order valence-electron chi connectivity index (χ3n) is 6.28. The van der Waals surface area contributed by atoms with E-state index in [0.29, 0.717) is 22.4 Å². The van der Waals surface area contributed by atoms with E-state index in [1.165, 1.54) is 12.1 Å². The summed E-state index contributed by atoms with van der Waals surface area (Å²) < 4.78 is 15.4. The Bertz CT molecular complexity index is 1640. The van der Waals surface area contributed by atoms with Crippen molar-refractivity contribution < 1.29 is 14.0 Å². The van der Waals surface area contributed by atoms with Crippen molar-refractivity contribution in [1.82, 2.24) is 20.4 Å². The summed E-state index contributed by atoms with van der Waals surface area (Å²) >= 11 is 0. The summed E-state index contributed by atoms with van der Waals surface area (Å²) in [5, 5.41) is 10.4. The predicted octanol–water partition coefficient (Wildman–Crippen LogP) is 6.07. The van der Waals surface area contributed by atoms with Crippen LogP contribution in [0.2, 0.25) is 0 Å². The Morgan fingerprint density at radius 2 is 1.50 bits per heavy atom. The maximum Gasteiger partial charge on any atom is 0.268 e. The number of amides is 2. The molecule has 198 valence electrons. The highest BCUT2D eigenvalue weighted by Gasteiger charge is 2.18. The molecule has 0 aliphatic carbocycles. The van der Waals surface area contributed by atoms with Crippen LogP contribution in [0.3, 0.4) is 0 Å². The number of benzene rings is 4. The molecule has 5 rings (SSSR count). The molecule has 0 saturated carbocycles. The van der Waals surface area contributed by atoms with Gasteiger partial charge in [0.2, 0.25) is 0 Å². The smallest absolute Gasteiger partial charge is 0.268 e. The Kier molecular flexibility index (Phi) is 7.92. The van der Waals surface area contributed by atoms with Crippen LogP contribution in [0, 0.1) is 12.7 Å². The van der Waals surface area contributed by atoms with Crippen LogP contribution >= 0.6 is 0 Å². The van der Waals surface area contributed by atoms with Crippen molar-refractivity contribution in [3.05, 3.63) is 149 Å². The fraction of sp³-hybridized carbons (Fsp3) is 0.0606. The number of nitrogens with zero attached hydrogens (tertiary/aromatic N) is 2. The van der Waals surface area contributed by atoms with Gasteiger partial charge >= 0.3 is 0 Å². The molecule has 0 spiro atoms. The van der Waals surface area contributed by atoms with Crippen LogP contribution in [0.25, 0.3) is 23.0 Å². The van der Waals surface area contributed by atoms with Crippen LogP contribution in [0.4, 0.5) is 4.39 Å². The highest BCUT2D eigenvalue weighted by Crippen LogP contribution is 2.26. The Balaban J connectivity index is 1.55. The van der Waals surface area contributed by atoms with Gasteiger partial charge in [-0.1, -0.05) is 66.2 Å². The molecule has 2 amide bonds. The number of hydrogen-bond donors (Lipinski definition) is 2. The number of rotatable bonds is 8. The Morgan fingerprint density at radius 1 is 0.850 bits per heavy atom. The van der Waals surface area contributed by atoms with E-state index < -0.39 is 11.8 Å². The fourth-order valence-electron chi connectivity index (χ4n) is 4.12. The van der Waals surface area contributed by atoms with Crippen molar-refractivity contribution in [2.45, 2.75) is 13.5 Å². The lowest BCUT2D eigenvalue weighted by Gasteiger charge is -2.12. The number of hydrogen-bond acceptors (Lipinski definition) is 3. The van der Waals surface area contributed by atoms with Crippen LogP contribution in [0.15, 0.2) is 121 Å². The van der Waals surface area contributed by atoms with E-state index in [1.807, 2.05) is 79.7 Å². The first kappa shape index (κ1) is 26.3. The van der Waals surface area contributed by atoms with Crippen molar-refractivity contribution in [3.8, 4) is 16.9 Å². The van der Waals surface area contributed by atoms with E-state index in [-0.39, 0.29) is 18.1 Å². The molecule has 0 aliphatic rings. The average molecular weight is 531 g/mol. The molecule has 1 aromatic heterocycles. The highest BCUT2D eigenvalue weighted by atomic mass is 19.1. The number of carbonyl (C=O) groups excluding carboxylic acids is 2. The van der Waals surface area contributed by atoms with Crippen molar-refractivity contribution in [2.24, 2.45) is 0 Å². The minimum absolute atomic E-state index is 0.0532. The van der Waals surface area contributed by atoms with Crippen molar-refractivity contribution >= 4 is 17.9 Å². The first-order valence-corrected chi connectivity index (χ1v) is 12.8. The van der Waals surface area contributed by atoms with E-state index >= 15 is 0 Å². The van der Waals surface area contributed by atoms with Gasteiger partial charge in [0.25, 0.3) is 11.8 Å². The summed E-state index contributed by atoms with van der Waals surface area (Å²) in [4.78, 5) is 26.6. The summed E-state index contributed by atoms with van der Waals surface area (Å²) in [7, 11) is 0. The summed E-state index contributed by atoms with van der Waals surface area (Å²) in [5.74, 6) is -1.24. The monoisotopic (exact) mass is 530 g/mol. The zero-order valence-corrected chi connectivity index (χ0v) is 21.8. The Hall–Kier alpha value is -5.30. The van der Waals surface area contributed by atoms with Gasteiger partial charge in [0.05, 0.1) is 5.69 Å². The fourth-order valence-corrected chi connectivity index (χ4v) is 4.12. The molecule has 0 fully saturated rings. The minimum atomic E-state index is -0.457. The van der Waals surface area contributed by atoms with Crippen molar-refractivity contribution in [2.75, 3.05) is 0 Å². The summed E-state index contributed by atoms with van der Waals surface area (Å²) in [6, 6.07) is 32.1. The number of halogens is 1. The first-order chi connectivity index (χ1) is 19.5. The first-order valence-electron chi connectivity index (χ1n) is 12.8. The van der Waals surface area contributed by atoms with Crippen LogP contribution in [0.5, 0.6) is 0 Å². The van der Waals surface area contributed by atoms with Crippen LogP contribution in [-0.2, 0) is 11.3 Å². The molecule has 0 unspecified atom stereocenters. The van der Waals surface area contributed by atoms with E-state index in [1.54, 1.807) is 41.2 Å². The molecule has 0 aliphatic heterocycles. The average Bonchev–Trinajstić information content (AvgIpc) is 3.41. The van der Waals surface area contributed by atoms with Gasteiger partial charge in [-0.05, 0) is 67.1 Å². The lowest BCUT2D eigenvalue weighted by atomic mass is 10.1. The maximum atomic E-state index is 13.7. The second kappa shape index (κ2) is 12.0. The molecular formula is C33H27FN4O2. The molecule has 6 nitrogen and oxygen atoms in total. The van der Waals surface area contributed by atoms with Gasteiger partial charge in [0.15, 0.2) is 0 Å². The molecule has 0 bridgehead atoms. The van der Waals surface area contributed by atoms with Crippen molar-refractivity contribution in [3.63, 3.8) is 0 Å². The van der Waals surface area contributed by atoms with E-state index in [4.69, 9.17) is 5.10 Å². The van der Waals surface area contributed by atoms with Gasteiger partial charge in [-0.15, -0.1) is 0 Å². The zero-order chi connectivity index (χ0) is 27.9. The number of nitrogens with one attached hydrogen (secondary N) is 2. The molecule has 1 heterocycles. The van der Waals surface area contributed by atoms with Gasteiger partial charge < -0.3 is 10.6 Å². The lowest BCUT2D eigenvalue weighted by Crippen LogP contribution is -2.34. The molecule has 0 atom stereocenters. The van der Waals surface area contributed by atoms with Gasteiger partial charge in [0, 0.05) is 29.4 Å². The van der Waals surface area contributed by atoms with Crippen LogP contribution in [-0.4, -0.2) is 21.6 Å². The van der Waals surface area contributed by atoms with Crippen LogP contribution in [0.1, 0.15) is 27.0 Å². The number of para-hydroxylation sites is 1. The molecule has 2 N–H and O–H groups in total. The zero-order valence-electron chi connectivity index (χ0n) is 21.8. The molecule has 40 heavy (non-hydrogen) atoms. The molecule has 4 aromatic carbocycles. The number of carbonyl (C=O) groups is 2. The van der Waals surface area contributed by atoms with Crippen LogP contribution < -0.4 is 10.6 Å². The molecule has 0 radical (unpaired) electrons. The Labute approximate surface area is 231 Å². The van der Waals surface area contributed by atoms with Gasteiger partial charge in [0.1, 0.15) is 17.2 Å². The third kappa shape index (κ3) is 6.39. The minimum Gasteiger partial charge on any atom is -0.347 e.